The lowest BCUT2D eigenvalue weighted by Crippen LogP contribution is -2.37. The fraction of sp³-hybridized carbons (Fsp3) is 0.636. The summed E-state index contributed by atoms with van der Waals surface area (Å²) in [5.41, 5.74) is 6.43. The lowest BCUT2D eigenvalue weighted by Gasteiger charge is -2.49. The van der Waals surface area contributed by atoms with Gasteiger partial charge >= 0.3 is 0 Å². The third-order valence-electron chi connectivity index (χ3n) is 8.19. The number of rotatable bonds is 7. The van der Waals surface area contributed by atoms with Gasteiger partial charge in [0.05, 0.1) is 14.2 Å². The Hall–Kier alpha value is -1.10. The number of benzene rings is 2. The Labute approximate surface area is 230 Å². The van der Waals surface area contributed by atoms with E-state index in [9.17, 15) is 0 Å². The third-order valence-corrected chi connectivity index (χ3v) is 15.2. The molecule has 2 aromatic rings. The average molecular weight is 543 g/mol. The topological polar surface area (TPSA) is 18.5 Å². The molecule has 2 unspecified atom stereocenters. The summed E-state index contributed by atoms with van der Waals surface area (Å²) in [5.74, 6) is 2.81. The first-order valence-corrected chi connectivity index (χ1v) is 16.8. The van der Waals surface area contributed by atoms with Gasteiger partial charge in [0, 0.05) is 0 Å². The molecule has 0 spiro atoms. The normalized spacial score (nSPS) is 19.5. The summed E-state index contributed by atoms with van der Waals surface area (Å²) in [4.78, 5) is 0. The van der Waals surface area contributed by atoms with E-state index in [2.05, 4.69) is 100 Å². The second-order valence-electron chi connectivity index (χ2n) is 13.2. The van der Waals surface area contributed by atoms with Crippen molar-refractivity contribution in [1.29, 1.82) is 0 Å². The van der Waals surface area contributed by atoms with E-state index in [0.29, 0.717) is 16.0 Å². The molecule has 0 N–H and O–H groups in total. The van der Waals surface area contributed by atoms with Crippen LogP contribution in [0, 0.1) is 33.6 Å². The van der Waals surface area contributed by atoms with Crippen LogP contribution in [0.4, 0.5) is 0 Å². The second-order valence-corrected chi connectivity index (χ2v) is 19.9. The minimum Gasteiger partial charge on any atom is -0.496 e. The molecule has 3 rings (SSSR count). The largest absolute Gasteiger partial charge is 0.496 e. The first-order valence-electron chi connectivity index (χ1n) is 14.0. The first kappa shape index (κ1) is 30.4. The highest BCUT2D eigenvalue weighted by atomic mass is 31.1. The van der Waals surface area contributed by atoms with Crippen LogP contribution in [0.5, 0.6) is 11.5 Å². The molecule has 37 heavy (non-hydrogen) atoms. The molecule has 0 bridgehead atoms. The van der Waals surface area contributed by atoms with E-state index < -0.39 is 7.92 Å². The standard InChI is InChI=1S/C33H52O2P2/c1-21-17-26(18-22(2)30(21)34-12)36(27-19-23(3)31(35-13)24(4)20-27)29-16-14-15-28(29)25(5)37(32(6,7)8)33(9,10)11/h17-20,25,28-29H,14-16H2,1-13H3/t25?,28?,29-/m0/s1. The van der Waals surface area contributed by atoms with Crippen molar-refractivity contribution in [3.8, 4) is 11.5 Å². The van der Waals surface area contributed by atoms with Gasteiger partial charge in [-0.3, -0.25) is 0 Å². The van der Waals surface area contributed by atoms with Gasteiger partial charge in [0.1, 0.15) is 11.5 Å². The molecule has 1 saturated carbocycles. The van der Waals surface area contributed by atoms with E-state index in [-0.39, 0.29) is 7.92 Å². The van der Waals surface area contributed by atoms with Gasteiger partial charge in [0.2, 0.25) is 0 Å². The minimum atomic E-state index is -0.521. The molecule has 0 aromatic heterocycles. The van der Waals surface area contributed by atoms with Gasteiger partial charge in [-0.2, -0.15) is 0 Å². The van der Waals surface area contributed by atoms with Crippen molar-refractivity contribution in [2.24, 2.45) is 5.92 Å². The molecule has 3 atom stereocenters. The van der Waals surface area contributed by atoms with Crippen LogP contribution in [0.2, 0.25) is 0 Å². The maximum atomic E-state index is 5.77. The lowest BCUT2D eigenvalue weighted by atomic mass is 10.0. The summed E-state index contributed by atoms with van der Waals surface area (Å²) in [6.07, 6.45) is 4.03. The van der Waals surface area contributed by atoms with Gasteiger partial charge in [0.25, 0.3) is 0 Å². The quantitative estimate of drug-likeness (QED) is 0.325. The average Bonchev–Trinajstić information content (AvgIpc) is 3.21. The van der Waals surface area contributed by atoms with E-state index in [1.807, 2.05) is 0 Å². The molecule has 4 heteroatoms. The van der Waals surface area contributed by atoms with Crippen LogP contribution in [0.25, 0.3) is 0 Å². The summed E-state index contributed by atoms with van der Waals surface area (Å²) >= 11 is 0. The Morgan fingerprint density at radius 1 is 0.703 bits per heavy atom. The summed E-state index contributed by atoms with van der Waals surface area (Å²) in [6, 6.07) is 9.73. The molecular formula is C33H52O2P2. The van der Waals surface area contributed by atoms with Gasteiger partial charge in [0.15, 0.2) is 0 Å². The van der Waals surface area contributed by atoms with Crippen LogP contribution in [0.15, 0.2) is 24.3 Å². The van der Waals surface area contributed by atoms with Crippen LogP contribution in [-0.4, -0.2) is 35.8 Å². The molecule has 1 aliphatic carbocycles. The fourth-order valence-electron chi connectivity index (χ4n) is 7.58. The summed E-state index contributed by atoms with van der Waals surface area (Å²) in [6.45, 7) is 26.4. The van der Waals surface area contributed by atoms with E-state index in [1.165, 1.54) is 52.1 Å². The summed E-state index contributed by atoms with van der Waals surface area (Å²) in [7, 11) is 2.90. The Bertz CT molecular complexity index is 973. The Morgan fingerprint density at radius 2 is 1.08 bits per heavy atom. The molecule has 0 heterocycles. The molecule has 0 saturated heterocycles. The molecular weight excluding hydrogens is 490 g/mol. The molecule has 206 valence electrons. The number of aryl methyl sites for hydroxylation is 4. The summed E-state index contributed by atoms with van der Waals surface area (Å²) in [5, 5.41) is 3.69. The number of hydrogen-bond donors (Lipinski definition) is 0. The van der Waals surface area contributed by atoms with E-state index in [1.54, 1.807) is 14.2 Å². The highest BCUT2D eigenvalue weighted by Crippen LogP contribution is 2.67. The SMILES string of the molecule is COc1c(C)cc(P(c2cc(C)c(OC)c(C)c2)[C@H]2CCCC2C(C)P(C(C)(C)C)C(C)(C)C)cc1C. The van der Waals surface area contributed by atoms with Crippen molar-refractivity contribution < 1.29 is 9.47 Å². The van der Waals surface area contributed by atoms with Crippen molar-refractivity contribution in [2.75, 3.05) is 14.2 Å². The predicted molar refractivity (Wildman–Crippen MR) is 168 cm³/mol. The summed E-state index contributed by atoms with van der Waals surface area (Å²) < 4.78 is 11.5. The van der Waals surface area contributed by atoms with Crippen LogP contribution in [0.3, 0.4) is 0 Å². The van der Waals surface area contributed by atoms with E-state index in [0.717, 1.165) is 23.1 Å². The number of hydrogen-bond acceptors (Lipinski definition) is 2. The van der Waals surface area contributed by atoms with Crippen LogP contribution >= 0.6 is 15.8 Å². The third kappa shape index (κ3) is 6.39. The zero-order chi connectivity index (χ0) is 27.9. The van der Waals surface area contributed by atoms with Gasteiger partial charge in [-0.1, -0.05) is 62.8 Å². The first-order chi connectivity index (χ1) is 17.1. The van der Waals surface area contributed by atoms with Crippen LogP contribution < -0.4 is 20.1 Å². The molecule has 0 radical (unpaired) electrons. The maximum Gasteiger partial charge on any atom is 0.124 e. The monoisotopic (exact) mass is 542 g/mol. The molecule has 0 amide bonds. The molecule has 1 fully saturated rings. The Kier molecular flexibility index (Phi) is 9.51. The zero-order valence-corrected chi connectivity index (χ0v) is 27.7. The fourth-order valence-corrected chi connectivity index (χ4v) is 16.5. The highest BCUT2D eigenvalue weighted by molar-refractivity contribution is 7.73. The molecule has 0 aliphatic heterocycles. The number of methoxy groups -OCH3 is 2. The minimum absolute atomic E-state index is 0.174. The van der Waals surface area contributed by atoms with Crippen molar-refractivity contribution >= 4 is 26.5 Å². The molecule has 2 nitrogen and oxygen atoms in total. The second kappa shape index (κ2) is 11.6. The zero-order valence-electron chi connectivity index (χ0n) is 25.9. The van der Waals surface area contributed by atoms with Crippen LogP contribution in [-0.2, 0) is 0 Å². The van der Waals surface area contributed by atoms with Gasteiger partial charge in [-0.05, 0) is 133 Å². The van der Waals surface area contributed by atoms with Crippen LogP contribution in [0.1, 0.15) is 90.0 Å². The molecule has 2 aromatic carbocycles. The van der Waals surface area contributed by atoms with Crippen molar-refractivity contribution in [1.82, 2.24) is 0 Å². The number of ether oxygens (including phenoxy) is 2. The molecule has 1 aliphatic rings. The maximum absolute atomic E-state index is 5.77. The van der Waals surface area contributed by atoms with Gasteiger partial charge in [-0.15, -0.1) is 0 Å². The highest BCUT2D eigenvalue weighted by Gasteiger charge is 2.46. The van der Waals surface area contributed by atoms with Gasteiger partial charge < -0.3 is 9.47 Å². The van der Waals surface area contributed by atoms with Crippen molar-refractivity contribution in [3.63, 3.8) is 0 Å². The Morgan fingerprint density at radius 3 is 1.41 bits per heavy atom. The van der Waals surface area contributed by atoms with E-state index in [4.69, 9.17) is 9.47 Å². The van der Waals surface area contributed by atoms with Crippen molar-refractivity contribution in [3.05, 3.63) is 46.5 Å². The smallest absolute Gasteiger partial charge is 0.124 e. The van der Waals surface area contributed by atoms with Crippen molar-refractivity contribution in [2.45, 2.75) is 117 Å². The van der Waals surface area contributed by atoms with Gasteiger partial charge in [-0.25, -0.2) is 0 Å². The predicted octanol–water partition coefficient (Wildman–Crippen LogP) is 9.01. The lowest BCUT2D eigenvalue weighted by molar-refractivity contribution is 0.408. The van der Waals surface area contributed by atoms with E-state index >= 15 is 0 Å². The Balaban J connectivity index is 2.20.